The molecular formula is C22H23F4N3O3. The van der Waals surface area contributed by atoms with E-state index in [0.717, 1.165) is 12.8 Å². The maximum atomic E-state index is 14.1. The van der Waals surface area contributed by atoms with Crippen molar-refractivity contribution in [1.82, 2.24) is 4.90 Å². The first-order valence-corrected chi connectivity index (χ1v) is 10.0. The predicted octanol–water partition coefficient (Wildman–Crippen LogP) is 3.81. The van der Waals surface area contributed by atoms with E-state index in [1.165, 1.54) is 12.1 Å². The minimum atomic E-state index is -1.84. The van der Waals surface area contributed by atoms with Gasteiger partial charge in [0.15, 0.2) is 17.4 Å². The Morgan fingerprint density at radius 1 is 0.906 bits per heavy atom. The molecule has 172 valence electrons. The van der Waals surface area contributed by atoms with Gasteiger partial charge in [-0.05, 0) is 24.3 Å². The van der Waals surface area contributed by atoms with Crippen LogP contribution >= 0.6 is 0 Å². The molecule has 0 radical (unpaired) electrons. The first kappa shape index (κ1) is 23.4. The van der Waals surface area contributed by atoms with Gasteiger partial charge >= 0.3 is 0 Å². The normalized spacial score (nSPS) is 14.0. The number of benzene rings is 2. The first-order valence-electron chi connectivity index (χ1n) is 10.0. The molecule has 1 heterocycles. The van der Waals surface area contributed by atoms with Crippen molar-refractivity contribution in [3.05, 3.63) is 53.1 Å². The van der Waals surface area contributed by atoms with Gasteiger partial charge in [0.1, 0.15) is 5.56 Å². The van der Waals surface area contributed by atoms with Crippen LogP contribution in [0.25, 0.3) is 0 Å². The molecule has 3 rings (SSSR count). The summed E-state index contributed by atoms with van der Waals surface area (Å²) in [5.41, 5.74) is -0.364. The molecule has 0 spiro atoms. The summed E-state index contributed by atoms with van der Waals surface area (Å²) in [5, 5.41) is 2.23. The zero-order chi connectivity index (χ0) is 23.6. The molecule has 1 aliphatic rings. The minimum absolute atomic E-state index is 0.0632. The third kappa shape index (κ3) is 4.49. The second kappa shape index (κ2) is 9.46. The molecule has 2 amide bonds. The quantitative estimate of drug-likeness (QED) is 0.553. The Morgan fingerprint density at radius 2 is 1.44 bits per heavy atom. The molecule has 0 aromatic heterocycles. The van der Waals surface area contributed by atoms with E-state index in [1.54, 1.807) is 12.1 Å². The van der Waals surface area contributed by atoms with Gasteiger partial charge in [-0.15, -0.1) is 0 Å². The molecule has 32 heavy (non-hydrogen) atoms. The van der Waals surface area contributed by atoms with E-state index < -0.39 is 40.5 Å². The second-order valence-electron chi connectivity index (χ2n) is 7.63. The van der Waals surface area contributed by atoms with Gasteiger partial charge in [-0.25, -0.2) is 8.78 Å². The number of anilines is 2. The number of piperazine rings is 1. The number of carbonyl (C=O) groups is 2. The maximum Gasteiger partial charge on any atom is 0.261 e. The van der Waals surface area contributed by atoms with E-state index in [1.807, 2.05) is 18.7 Å². The van der Waals surface area contributed by atoms with E-state index in [4.69, 9.17) is 0 Å². The number of rotatable bonds is 5. The van der Waals surface area contributed by atoms with Crippen molar-refractivity contribution in [2.45, 2.75) is 13.8 Å². The van der Waals surface area contributed by atoms with Crippen molar-refractivity contribution in [2.75, 3.05) is 43.5 Å². The highest BCUT2D eigenvalue weighted by Crippen LogP contribution is 2.30. The van der Waals surface area contributed by atoms with Crippen LogP contribution in [0.5, 0.6) is 5.75 Å². The molecule has 6 nitrogen and oxygen atoms in total. The Balaban J connectivity index is 1.70. The van der Waals surface area contributed by atoms with Crippen molar-refractivity contribution >= 4 is 23.2 Å². The average Bonchev–Trinajstić information content (AvgIpc) is 2.78. The van der Waals surface area contributed by atoms with Gasteiger partial charge in [0, 0.05) is 43.5 Å². The van der Waals surface area contributed by atoms with Gasteiger partial charge in [0.2, 0.25) is 17.5 Å². The predicted molar refractivity (Wildman–Crippen MR) is 111 cm³/mol. The summed E-state index contributed by atoms with van der Waals surface area (Å²) in [5.74, 6) is -9.80. The fourth-order valence-electron chi connectivity index (χ4n) is 3.49. The number of ether oxygens (including phenoxy) is 1. The molecule has 1 saturated heterocycles. The monoisotopic (exact) mass is 453 g/mol. The van der Waals surface area contributed by atoms with Crippen LogP contribution in [0.2, 0.25) is 0 Å². The van der Waals surface area contributed by atoms with Crippen LogP contribution < -0.4 is 15.0 Å². The number of amides is 2. The van der Waals surface area contributed by atoms with Crippen LogP contribution in [-0.4, -0.2) is 50.0 Å². The number of hydrogen-bond acceptors (Lipinski definition) is 4. The van der Waals surface area contributed by atoms with Crippen molar-refractivity contribution in [3.8, 4) is 5.75 Å². The first-order chi connectivity index (χ1) is 15.1. The van der Waals surface area contributed by atoms with E-state index in [2.05, 4.69) is 15.0 Å². The summed E-state index contributed by atoms with van der Waals surface area (Å²) in [6.07, 6.45) is 0. The van der Waals surface area contributed by atoms with Crippen LogP contribution in [0.15, 0.2) is 24.3 Å². The van der Waals surface area contributed by atoms with E-state index in [0.29, 0.717) is 26.2 Å². The summed E-state index contributed by atoms with van der Waals surface area (Å²) < 4.78 is 60.3. The molecule has 2 aromatic rings. The lowest BCUT2D eigenvalue weighted by Gasteiger charge is -2.37. The molecule has 0 saturated carbocycles. The average molecular weight is 453 g/mol. The molecule has 1 aliphatic heterocycles. The zero-order valence-corrected chi connectivity index (χ0v) is 17.8. The summed E-state index contributed by atoms with van der Waals surface area (Å²) in [4.78, 5) is 28.2. The van der Waals surface area contributed by atoms with E-state index in [-0.39, 0.29) is 17.5 Å². The number of halogens is 4. The van der Waals surface area contributed by atoms with Gasteiger partial charge in [0.05, 0.1) is 7.11 Å². The Hall–Kier alpha value is -3.30. The summed E-state index contributed by atoms with van der Waals surface area (Å²) >= 11 is 0. The smallest absolute Gasteiger partial charge is 0.261 e. The van der Waals surface area contributed by atoms with E-state index >= 15 is 0 Å². The Bertz CT molecular complexity index is 991. The molecule has 0 bridgehead atoms. The summed E-state index contributed by atoms with van der Waals surface area (Å²) in [6.45, 7) is 6.14. The SMILES string of the molecule is COc1c(F)c(F)c(C(=O)Nc2ccc(N3CCN(C(=O)C(C)C)CC3)cc2)c(F)c1F. The van der Waals surface area contributed by atoms with Gasteiger partial charge in [0.25, 0.3) is 5.91 Å². The number of nitrogens with one attached hydrogen (secondary N) is 1. The highest BCUT2D eigenvalue weighted by atomic mass is 19.2. The van der Waals surface area contributed by atoms with E-state index in [9.17, 15) is 27.2 Å². The molecule has 1 fully saturated rings. The third-order valence-electron chi connectivity index (χ3n) is 5.23. The highest BCUT2D eigenvalue weighted by Gasteiger charge is 2.30. The fraction of sp³-hybridized carbons (Fsp3) is 0.364. The lowest BCUT2D eigenvalue weighted by molar-refractivity contribution is -0.134. The molecule has 1 N–H and O–H groups in total. The van der Waals surface area contributed by atoms with Crippen molar-refractivity contribution in [3.63, 3.8) is 0 Å². The van der Waals surface area contributed by atoms with Crippen LogP contribution in [0.4, 0.5) is 28.9 Å². The van der Waals surface area contributed by atoms with Crippen molar-refractivity contribution in [1.29, 1.82) is 0 Å². The maximum absolute atomic E-state index is 14.1. The Kier molecular flexibility index (Phi) is 6.90. The molecule has 0 aliphatic carbocycles. The molecule has 10 heteroatoms. The van der Waals surface area contributed by atoms with Gasteiger partial charge < -0.3 is 19.9 Å². The Morgan fingerprint density at radius 3 is 1.91 bits per heavy atom. The lowest BCUT2D eigenvalue weighted by atomic mass is 10.1. The largest absolute Gasteiger partial charge is 0.491 e. The van der Waals surface area contributed by atoms with Crippen molar-refractivity contribution < 1.29 is 31.9 Å². The Labute approximate surface area is 182 Å². The molecule has 0 unspecified atom stereocenters. The second-order valence-corrected chi connectivity index (χ2v) is 7.63. The molecule has 0 atom stereocenters. The summed E-state index contributed by atoms with van der Waals surface area (Å²) in [6, 6.07) is 6.39. The number of methoxy groups -OCH3 is 1. The van der Waals surface area contributed by atoms with Crippen LogP contribution in [0, 0.1) is 29.2 Å². The highest BCUT2D eigenvalue weighted by molar-refractivity contribution is 6.04. The van der Waals surface area contributed by atoms with Crippen molar-refractivity contribution in [2.24, 2.45) is 5.92 Å². The number of carbonyl (C=O) groups excluding carboxylic acids is 2. The summed E-state index contributed by atoms with van der Waals surface area (Å²) in [7, 11) is 0.851. The zero-order valence-electron chi connectivity index (χ0n) is 17.8. The molecule has 2 aromatic carbocycles. The van der Waals surface area contributed by atoms with Gasteiger partial charge in [-0.1, -0.05) is 13.8 Å². The lowest BCUT2D eigenvalue weighted by Crippen LogP contribution is -2.49. The standard InChI is InChI=1S/C22H23F4N3O3/c1-12(2)22(31)29-10-8-28(9-11-29)14-6-4-13(5-7-14)27-21(30)15-16(23)18(25)20(32-3)19(26)17(15)24/h4-7,12H,8-11H2,1-3H3,(H,27,30). The van der Waals surface area contributed by atoms with Crippen LogP contribution in [0.1, 0.15) is 24.2 Å². The van der Waals surface area contributed by atoms with Crippen LogP contribution in [0.3, 0.4) is 0 Å². The van der Waals surface area contributed by atoms with Gasteiger partial charge in [-0.3, -0.25) is 9.59 Å². The number of nitrogens with zero attached hydrogens (tertiary/aromatic N) is 2. The minimum Gasteiger partial charge on any atom is -0.491 e. The topological polar surface area (TPSA) is 61.9 Å². The third-order valence-corrected chi connectivity index (χ3v) is 5.23. The number of hydrogen-bond donors (Lipinski definition) is 1. The van der Waals surface area contributed by atoms with Crippen LogP contribution in [-0.2, 0) is 4.79 Å². The fourth-order valence-corrected chi connectivity index (χ4v) is 3.49. The van der Waals surface area contributed by atoms with Gasteiger partial charge in [-0.2, -0.15) is 8.78 Å². The molecular weight excluding hydrogens is 430 g/mol.